The summed E-state index contributed by atoms with van der Waals surface area (Å²) in [4.78, 5) is 51.2. The second-order valence-electron chi connectivity index (χ2n) is 15.9. The van der Waals surface area contributed by atoms with Gasteiger partial charge in [-0.15, -0.1) is 0 Å². The molecule has 38 heteroatoms. The Morgan fingerprint density at radius 1 is 0.525 bits per heavy atom. The number of aliphatic carboxylic acids is 2. The fourth-order valence-corrected chi connectivity index (χ4v) is 9.80. The molecule has 0 spiro atoms. The van der Waals surface area contributed by atoms with Gasteiger partial charge in [-0.05, 0) is 110 Å². The van der Waals surface area contributed by atoms with E-state index in [0.717, 1.165) is 30.3 Å². The van der Waals surface area contributed by atoms with Crippen molar-refractivity contribution in [3.8, 4) is 0 Å². The molecule has 4 N–H and O–H groups in total. The third kappa shape index (κ3) is 20.0. The van der Waals surface area contributed by atoms with Crippen LogP contribution in [0.4, 0.5) is 58.4 Å². The van der Waals surface area contributed by atoms with Gasteiger partial charge in [-0.25, -0.2) is 25.3 Å². The maximum Gasteiger partial charge on any atom is 1.00 e. The molecule has 6 aromatic rings. The molecule has 4 aromatic carbocycles. The molecule has 2 aliphatic rings. The zero-order valence-electron chi connectivity index (χ0n) is 43.4. The molecule has 0 radical (unpaired) electrons. The van der Waals surface area contributed by atoms with E-state index in [1.807, 2.05) is 0 Å². The number of carboxylic acids is 2. The molecule has 388 valence electrons. The summed E-state index contributed by atoms with van der Waals surface area (Å²) in [5, 5.41) is 49.9. The van der Waals surface area contributed by atoms with Crippen LogP contribution in [0, 0.1) is 0 Å². The Balaban J connectivity index is 0.00000364. The van der Waals surface area contributed by atoms with Crippen molar-refractivity contribution >= 4 is 125 Å². The van der Waals surface area contributed by atoms with Crippen LogP contribution >= 0.6 is 12.0 Å². The van der Waals surface area contributed by atoms with Crippen LogP contribution in [-0.2, 0) is 49.3 Å². The Hall–Kier alpha value is -1.66. The van der Waals surface area contributed by atoms with Gasteiger partial charge < -0.3 is 69.8 Å². The third-order valence-corrected chi connectivity index (χ3v) is 14.3. The van der Waals surface area contributed by atoms with E-state index in [0.29, 0.717) is 24.9 Å². The molecule has 8 rings (SSSR count). The topological polar surface area (TPSA) is 425 Å². The summed E-state index contributed by atoms with van der Waals surface area (Å²) >= 11 is 0.443. The summed E-state index contributed by atoms with van der Waals surface area (Å²) < 4.78 is 112. The van der Waals surface area contributed by atoms with Crippen LogP contribution in [0.5, 0.6) is 0 Å². The number of nitrogens with zero attached hydrogens (tertiary/aromatic N) is 8. The zero-order valence-corrected chi connectivity index (χ0v) is 58.6. The molecule has 0 aliphatic carbocycles. The Bertz CT molecular complexity index is 3520. The minimum Gasteiger partial charge on any atom is -0.744 e. The van der Waals surface area contributed by atoms with Gasteiger partial charge in [0.05, 0.1) is 50.8 Å². The third-order valence-electron chi connectivity index (χ3n) is 11.0. The van der Waals surface area contributed by atoms with Crippen molar-refractivity contribution in [1.29, 1.82) is 0 Å². The first-order valence-electron chi connectivity index (χ1n) is 21.3. The van der Waals surface area contributed by atoms with E-state index in [1.165, 1.54) is 76.5 Å². The molecule has 80 heavy (non-hydrogen) atoms. The van der Waals surface area contributed by atoms with E-state index in [-0.39, 0.29) is 278 Å². The number of hydrogen-bond acceptors (Lipinski definition) is 29. The van der Waals surface area contributed by atoms with Gasteiger partial charge in [-0.3, -0.25) is 5.04 Å². The minimum absolute atomic E-state index is 0. The van der Waals surface area contributed by atoms with Crippen molar-refractivity contribution in [2.24, 2.45) is 0 Å². The Labute approximate surface area is 594 Å². The number of rotatable bonds is 20. The molecule has 4 heterocycles. The van der Waals surface area contributed by atoms with Crippen LogP contribution in [0.15, 0.2) is 105 Å². The number of carbonyl (C=O) groups excluding carboxylic acids is 2. The number of carboxylic acid groups (broad SMARTS) is 2. The van der Waals surface area contributed by atoms with Crippen LogP contribution in [0.2, 0.25) is 0 Å². The van der Waals surface area contributed by atoms with Gasteiger partial charge in [-0.2, -0.15) is 34.2 Å². The SMILES string of the molecule is O=C([O-])C1CCCN1c1nc(Nc2ccc(S(=O)(=O)[O-])cc2)nc(Nc2ccc(C=Cc3ccc(Nc4nc(Nc5ccc(S(=O)(=O)[O-])cc5)nc(N5CCCC5C(=O)[O-])n4)cc3S(=O)(=O)[O-])c(SOO[O-])c2)n1.[Na+].[Na+].[Na+].[Na+].[Na+].[Na+]. The van der Waals surface area contributed by atoms with E-state index in [4.69, 9.17) is 0 Å². The predicted octanol–water partition coefficient (Wildman–Crippen LogP) is -17.4. The average molecular weight is 1230 g/mol. The molecule has 2 aromatic heterocycles. The van der Waals surface area contributed by atoms with Gasteiger partial charge in [0, 0.05) is 40.7 Å². The molecule has 0 bridgehead atoms. The molecule has 2 fully saturated rings. The van der Waals surface area contributed by atoms with E-state index >= 15 is 0 Å². The Morgan fingerprint density at radius 2 is 0.887 bits per heavy atom. The number of aromatic nitrogens is 6. The maximum absolute atomic E-state index is 12.7. The summed E-state index contributed by atoms with van der Waals surface area (Å²) in [6.45, 7) is 0.454. The number of benzene rings is 4. The van der Waals surface area contributed by atoms with E-state index in [2.05, 4.69) is 60.5 Å². The second-order valence-corrected chi connectivity index (χ2v) is 20.7. The van der Waals surface area contributed by atoms with Gasteiger partial charge in [-0.1, -0.05) is 24.3 Å². The minimum atomic E-state index is -5.22. The molecular formula is C42H34N12Na6O16S4. The molecular weight excluding hydrogens is 1190 g/mol. The van der Waals surface area contributed by atoms with Gasteiger partial charge in [0.25, 0.3) is 0 Å². The van der Waals surface area contributed by atoms with Crippen molar-refractivity contribution < 1.29 is 251 Å². The molecule has 2 atom stereocenters. The number of hydrogen-bond donors (Lipinski definition) is 4. The fourth-order valence-electron chi connectivity index (χ4n) is 7.66. The fraction of sp³-hybridized carbons (Fsp3) is 0.190. The van der Waals surface area contributed by atoms with E-state index in [9.17, 15) is 64.0 Å². The maximum atomic E-state index is 12.7. The van der Waals surface area contributed by atoms with Crippen LogP contribution in [0.25, 0.3) is 12.2 Å². The van der Waals surface area contributed by atoms with Crippen molar-refractivity contribution in [3.05, 3.63) is 96.1 Å². The molecule has 2 aliphatic heterocycles. The standard InChI is InChI=1S/C42H40N12O16S4.6Na/c55-35(56)31-3-1-19-53(31)41-49-37(43-25-11-15-29(16-12-25)72(60,61)62)47-39(51-41)45-27-9-7-23(33(21-27)71-70-69-59)5-6-24-8-10-28(22-34(24)74(66,67)68)46-40-48-38(44-26-13-17-30(18-14-26)73(63,64)65)50-42(52-40)54-20-2-4-32(54)36(57)58;;;;;;/h5-18,21-22,31-32,59H,1-4,19-20H2,(H,55,56)(H,57,58)(H,60,61,62)(H,63,64,65)(H,66,67,68)(H2,43,45,47,49,51)(H2,44,46,48,50,52);;;;;;/q;6*+1/p-6. The zero-order chi connectivity index (χ0) is 53.0. The number of nitrogens with one attached hydrogen (secondary N) is 4. The first-order valence-corrected chi connectivity index (χ1v) is 26.3. The monoisotopic (exact) mass is 1230 g/mol. The molecule has 2 saturated heterocycles. The van der Waals surface area contributed by atoms with Crippen LogP contribution < -0.4 is 224 Å². The van der Waals surface area contributed by atoms with Crippen molar-refractivity contribution in [2.75, 3.05) is 44.2 Å². The Morgan fingerprint density at radius 3 is 1.26 bits per heavy atom. The molecule has 28 nitrogen and oxygen atoms in total. The molecule has 0 saturated carbocycles. The summed E-state index contributed by atoms with van der Waals surface area (Å²) in [7, 11) is -14.7. The van der Waals surface area contributed by atoms with Gasteiger partial charge >= 0.3 is 177 Å². The summed E-state index contributed by atoms with van der Waals surface area (Å²) in [5.41, 5.74) is 0.856. The van der Waals surface area contributed by atoms with Crippen molar-refractivity contribution in [3.63, 3.8) is 0 Å². The first-order chi connectivity index (χ1) is 35.1. The van der Waals surface area contributed by atoms with Gasteiger partial charge in [0.1, 0.15) is 30.4 Å². The van der Waals surface area contributed by atoms with Crippen LogP contribution in [0.3, 0.4) is 0 Å². The summed E-state index contributed by atoms with van der Waals surface area (Å²) in [6, 6.07) is 15.2. The van der Waals surface area contributed by atoms with Crippen LogP contribution in [-0.4, -0.2) is 106 Å². The van der Waals surface area contributed by atoms with E-state index in [1.54, 1.807) is 0 Å². The Kier molecular flexibility index (Phi) is 30.5. The van der Waals surface area contributed by atoms with Crippen molar-refractivity contribution in [1.82, 2.24) is 29.9 Å². The quantitative estimate of drug-likeness (QED) is 0.0138. The predicted molar refractivity (Wildman–Crippen MR) is 250 cm³/mol. The largest absolute Gasteiger partial charge is 1.00 e. The molecule has 0 amide bonds. The van der Waals surface area contributed by atoms with Gasteiger partial charge in [0.2, 0.25) is 35.7 Å². The van der Waals surface area contributed by atoms with Crippen LogP contribution in [0.1, 0.15) is 36.8 Å². The summed E-state index contributed by atoms with van der Waals surface area (Å²) in [5.74, 6) is -3.66. The van der Waals surface area contributed by atoms with Gasteiger partial charge in [0.15, 0.2) is 0 Å². The normalized spacial score (nSPS) is 14.9. The average Bonchev–Trinajstić information content (AvgIpc) is 4.05. The molecule has 2 unspecified atom stereocenters. The number of anilines is 10. The number of carbonyl (C=O) groups is 2. The van der Waals surface area contributed by atoms with E-state index < -0.39 is 69.1 Å². The second kappa shape index (κ2) is 32.7. The van der Waals surface area contributed by atoms with Crippen molar-refractivity contribution in [2.45, 2.75) is 57.3 Å². The summed E-state index contributed by atoms with van der Waals surface area (Å²) in [6.07, 6.45) is 4.03. The first kappa shape index (κ1) is 74.4. The smallest absolute Gasteiger partial charge is 0.744 e.